The first kappa shape index (κ1) is 14.8. The molecule has 1 atom stereocenters. The summed E-state index contributed by atoms with van der Waals surface area (Å²) in [6.07, 6.45) is 11.4. The van der Waals surface area contributed by atoms with Crippen LogP contribution in [0.25, 0.3) is 0 Å². The number of nitrogens with one attached hydrogen (secondary N) is 1. The Bertz CT molecular complexity index is 442. The molecule has 4 nitrogen and oxygen atoms in total. The van der Waals surface area contributed by atoms with Crippen LogP contribution >= 0.6 is 11.3 Å². The van der Waals surface area contributed by atoms with Gasteiger partial charge < -0.3 is 10.2 Å². The fourth-order valence-electron chi connectivity index (χ4n) is 3.61. The Morgan fingerprint density at radius 2 is 2.14 bits per heavy atom. The van der Waals surface area contributed by atoms with Gasteiger partial charge in [0.05, 0.1) is 0 Å². The zero-order chi connectivity index (χ0) is 14.5. The second-order valence-corrected chi connectivity index (χ2v) is 7.19. The highest BCUT2D eigenvalue weighted by Crippen LogP contribution is 2.28. The fourth-order valence-corrected chi connectivity index (χ4v) is 4.36. The van der Waals surface area contributed by atoms with Crippen molar-refractivity contribution in [2.24, 2.45) is 5.92 Å². The van der Waals surface area contributed by atoms with Crippen molar-refractivity contribution in [1.82, 2.24) is 10.3 Å². The first-order chi connectivity index (χ1) is 10.3. The number of carbonyl (C=O) groups is 1. The minimum atomic E-state index is 0.243. The van der Waals surface area contributed by atoms with Gasteiger partial charge in [0.1, 0.15) is 0 Å². The Hall–Kier alpha value is -1.10. The van der Waals surface area contributed by atoms with Gasteiger partial charge in [-0.1, -0.05) is 19.3 Å². The molecule has 5 heteroatoms. The van der Waals surface area contributed by atoms with Gasteiger partial charge in [-0.3, -0.25) is 4.79 Å². The molecule has 1 saturated carbocycles. The van der Waals surface area contributed by atoms with E-state index in [-0.39, 0.29) is 5.91 Å². The average molecular weight is 307 g/mol. The van der Waals surface area contributed by atoms with E-state index < -0.39 is 0 Å². The minimum Gasteiger partial charge on any atom is -0.354 e. The average Bonchev–Trinajstić information content (AvgIpc) is 3.17. The Labute approximate surface area is 130 Å². The van der Waals surface area contributed by atoms with Gasteiger partial charge in [0.15, 0.2) is 5.13 Å². The van der Waals surface area contributed by atoms with Gasteiger partial charge in [0, 0.05) is 37.1 Å². The highest BCUT2D eigenvalue weighted by Gasteiger charge is 2.27. The smallest absolute Gasteiger partial charge is 0.220 e. The molecule has 0 bridgehead atoms. The van der Waals surface area contributed by atoms with Gasteiger partial charge in [-0.15, -0.1) is 11.3 Å². The summed E-state index contributed by atoms with van der Waals surface area (Å²) in [4.78, 5) is 18.9. The standard InChI is InChI=1S/C16H25N3OS/c20-15(11-13-5-2-1-3-6-13)18-12-14-7-4-9-19(14)16-17-8-10-21-16/h8,10,13-14H,1-7,9,11-12H2,(H,18,20). The minimum absolute atomic E-state index is 0.243. The molecular formula is C16H25N3OS. The lowest BCUT2D eigenvalue weighted by Gasteiger charge is -2.25. The molecule has 1 aromatic heterocycles. The lowest BCUT2D eigenvalue weighted by molar-refractivity contribution is -0.122. The van der Waals surface area contributed by atoms with Gasteiger partial charge in [-0.05, 0) is 31.6 Å². The number of hydrogen-bond donors (Lipinski definition) is 1. The van der Waals surface area contributed by atoms with E-state index in [1.807, 2.05) is 11.6 Å². The predicted molar refractivity (Wildman–Crippen MR) is 86.7 cm³/mol. The number of amides is 1. The molecule has 1 unspecified atom stereocenters. The number of aromatic nitrogens is 1. The van der Waals surface area contributed by atoms with Crippen LogP contribution in [0.1, 0.15) is 51.4 Å². The topological polar surface area (TPSA) is 45.2 Å². The van der Waals surface area contributed by atoms with Crippen molar-refractivity contribution in [2.45, 2.75) is 57.4 Å². The van der Waals surface area contributed by atoms with E-state index in [1.165, 1.54) is 38.5 Å². The molecule has 1 aliphatic carbocycles. The van der Waals surface area contributed by atoms with Gasteiger partial charge >= 0.3 is 0 Å². The summed E-state index contributed by atoms with van der Waals surface area (Å²) in [7, 11) is 0. The Morgan fingerprint density at radius 1 is 1.29 bits per heavy atom. The third-order valence-corrected chi connectivity index (χ3v) is 5.58. The van der Waals surface area contributed by atoms with Crippen molar-refractivity contribution in [1.29, 1.82) is 0 Å². The van der Waals surface area contributed by atoms with Crippen LogP contribution in [0.5, 0.6) is 0 Å². The summed E-state index contributed by atoms with van der Waals surface area (Å²) in [5, 5.41) is 6.28. The Balaban J connectivity index is 1.44. The van der Waals surface area contributed by atoms with Crippen LogP contribution in [-0.4, -0.2) is 30.0 Å². The predicted octanol–water partition coefficient (Wildman–Crippen LogP) is 3.20. The van der Waals surface area contributed by atoms with Crippen LogP contribution in [0.4, 0.5) is 5.13 Å². The summed E-state index contributed by atoms with van der Waals surface area (Å²) in [6.45, 7) is 1.84. The van der Waals surface area contributed by atoms with E-state index in [1.54, 1.807) is 11.3 Å². The summed E-state index contributed by atoms with van der Waals surface area (Å²) in [6, 6.07) is 0.423. The van der Waals surface area contributed by atoms with Gasteiger partial charge in [-0.2, -0.15) is 0 Å². The maximum absolute atomic E-state index is 12.1. The zero-order valence-corrected chi connectivity index (χ0v) is 13.4. The molecule has 2 fully saturated rings. The van der Waals surface area contributed by atoms with Crippen LogP contribution in [0.3, 0.4) is 0 Å². The maximum atomic E-state index is 12.1. The van der Waals surface area contributed by atoms with E-state index in [4.69, 9.17) is 0 Å². The molecule has 0 radical (unpaired) electrons. The monoisotopic (exact) mass is 307 g/mol. The van der Waals surface area contributed by atoms with Crippen LogP contribution < -0.4 is 10.2 Å². The summed E-state index contributed by atoms with van der Waals surface area (Å²) in [5.74, 6) is 0.866. The molecule has 1 amide bonds. The van der Waals surface area contributed by atoms with E-state index in [2.05, 4.69) is 15.2 Å². The van der Waals surface area contributed by atoms with Crippen molar-refractivity contribution in [2.75, 3.05) is 18.0 Å². The maximum Gasteiger partial charge on any atom is 0.220 e. The van der Waals surface area contributed by atoms with E-state index in [0.717, 1.165) is 31.1 Å². The Morgan fingerprint density at radius 3 is 2.90 bits per heavy atom. The summed E-state index contributed by atoms with van der Waals surface area (Å²) < 4.78 is 0. The second-order valence-electron chi connectivity index (χ2n) is 6.32. The SMILES string of the molecule is O=C(CC1CCCCC1)NCC1CCCN1c1nccs1. The summed E-state index contributed by atoms with van der Waals surface area (Å²) in [5.41, 5.74) is 0. The van der Waals surface area contributed by atoms with Crippen LogP contribution in [-0.2, 0) is 4.79 Å². The molecular weight excluding hydrogens is 282 g/mol. The Kier molecular flexibility index (Phi) is 5.12. The quantitative estimate of drug-likeness (QED) is 0.908. The molecule has 2 heterocycles. The molecule has 0 spiro atoms. The van der Waals surface area contributed by atoms with E-state index >= 15 is 0 Å². The highest BCUT2D eigenvalue weighted by molar-refractivity contribution is 7.13. The highest BCUT2D eigenvalue weighted by atomic mass is 32.1. The zero-order valence-electron chi connectivity index (χ0n) is 12.6. The molecule has 1 aromatic rings. The number of carbonyl (C=O) groups excluding carboxylic acids is 1. The molecule has 1 saturated heterocycles. The van der Waals surface area contributed by atoms with Gasteiger partial charge in [0.25, 0.3) is 0 Å². The number of rotatable bonds is 5. The third kappa shape index (κ3) is 3.96. The molecule has 1 aliphatic heterocycles. The lowest BCUT2D eigenvalue weighted by Crippen LogP contribution is -2.40. The van der Waals surface area contributed by atoms with Crippen LogP contribution in [0.2, 0.25) is 0 Å². The number of nitrogens with zero attached hydrogens (tertiary/aromatic N) is 2. The number of anilines is 1. The van der Waals surface area contributed by atoms with Gasteiger partial charge in [0.2, 0.25) is 5.91 Å². The number of hydrogen-bond acceptors (Lipinski definition) is 4. The lowest BCUT2D eigenvalue weighted by atomic mass is 9.87. The van der Waals surface area contributed by atoms with Crippen molar-refractivity contribution in [3.8, 4) is 0 Å². The second kappa shape index (κ2) is 7.25. The van der Waals surface area contributed by atoms with Crippen molar-refractivity contribution >= 4 is 22.4 Å². The molecule has 1 N–H and O–H groups in total. The van der Waals surface area contributed by atoms with Gasteiger partial charge in [-0.25, -0.2) is 4.98 Å². The molecule has 3 rings (SSSR count). The van der Waals surface area contributed by atoms with E-state index in [9.17, 15) is 4.79 Å². The molecule has 116 valence electrons. The van der Waals surface area contributed by atoms with Crippen molar-refractivity contribution in [3.63, 3.8) is 0 Å². The first-order valence-electron chi connectivity index (χ1n) is 8.26. The summed E-state index contributed by atoms with van der Waals surface area (Å²) >= 11 is 1.69. The van der Waals surface area contributed by atoms with E-state index in [0.29, 0.717) is 12.0 Å². The fraction of sp³-hybridized carbons (Fsp3) is 0.750. The molecule has 21 heavy (non-hydrogen) atoms. The van der Waals surface area contributed by atoms with Crippen molar-refractivity contribution < 1.29 is 4.79 Å². The van der Waals surface area contributed by atoms with Crippen LogP contribution in [0, 0.1) is 5.92 Å². The molecule has 0 aromatic carbocycles. The van der Waals surface area contributed by atoms with Crippen molar-refractivity contribution in [3.05, 3.63) is 11.6 Å². The first-order valence-corrected chi connectivity index (χ1v) is 9.14. The normalized spacial score (nSPS) is 23.4. The molecule has 2 aliphatic rings. The number of thiazole rings is 1. The third-order valence-electron chi connectivity index (χ3n) is 4.78. The largest absolute Gasteiger partial charge is 0.354 e. The van der Waals surface area contributed by atoms with Crippen LogP contribution in [0.15, 0.2) is 11.6 Å².